The monoisotopic (exact) mass is 512 g/mol. The minimum absolute atomic E-state index is 0.104. The highest BCUT2D eigenvalue weighted by Crippen LogP contribution is 2.31. The number of halogens is 3. The number of aromatic nitrogens is 2. The summed E-state index contributed by atoms with van der Waals surface area (Å²) < 4.78 is 41.4. The van der Waals surface area contributed by atoms with Gasteiger partial charge in [-0.15, -0.1) is 0 Å². The number of carbonyl (C=O) groups is 1. The van der Waals surface area contributed by atoms with Crippen LogP contribution in [0.25, 0.3) is 5.69 Å². The van der Waals surface area contributed by atoms with E-state index in [9.17, 15) is 32.7 Å². The maximum absolute atomic E-state index is 13.3. The van der Waals surface area contributed by atoms with Gasteiger partial charge in [0, 0.05) is 12.6 Å². The largest absolute Gasteiger partial charge is 0.481 e. The molecule has 3 aromatic rings. The van der Waals surface area contributed by atoms with Crippen molar-refractivity contribution in [1.82, 2.24) is 9.13 Å². The molecule has 1 aromatic heterocycles. The number of nitrogens with one attached hydrogen (secondary N) is 2. The van der Waals surface area contributed by atoms with Crippen LogP contribution in [0.1, 0.15) is 28.8 Å². The number of amidine groups is 2. The van der Waals surface area contributed by atoms with E-state index in [0.717, 1.165) is 28.6 Å². The Morgan fingerprint density at radius 1 is 1.14 bits per heavy atom. The van der Waals surface area contributed by atoms with Crippen molar-refractivity contribution in [3.8, 4) is 11.8 Å². The molecule has 0 aliphatic rings. The molecule has 10 nitrogen and oxygen atoms in total. The zero-order chi connectivity index (χ0) is 27.7. The summed E-state index contributed by atoms with van der Waals surface area (Å²) in [6.07, 6.45) is -5.63. The maximum atomic E-state index is 13.3. The highest BCUT2D eigenvalue weighted by molar-refractivity contribution is 6.25. The predicted octanol–water partition coefficient (Wildman–Crippen LogP) is 3.02. The van der Waals surface area contributed by atoms with Crippen molar-refractivity contribution in [1.29, 1.82) is 16.1 Å². The first-order valence-corrected chi connectivity index (χ1v) is 10.5. The Kier molecular flexibility index (Phi) is 7.15. The summed E-state index contributed by atoms with van der Waals surface area (Å²) in [5.74, 6) is -2.68. The summed E-state index contributed by atoms with van der Waals surface area (Å²) >= 11 is 0. The molecule has 0 saturated carbocycles. The van der Waals surface area contributed by atoms with Crippen LogP contribution in [0.4, 0.5) is 18.9 Å². The summed E-state index contributed by atoms with van der Waals surface area (Å²) in [5.41, 5.74) is -3.60. The summed E-state index contributed by atoms with van der Waals surface area (Å²) in [6, 6.07) is 11.2. The Balaban J connectivity index is 2.34. The number of carboxylic acid groups (broad SMARTS) is 1. The van der Waals surface area contributed by atoms with Gasteiger partial charge in [-0.05, 0) is 49.4 Å². The number of nitriles is 1. The van der Waals surface area contributed by atoms with Crippen molar-refractivity contribution in [2.75, 3.05) is 4.90 Å². The molecular formula is C24H19F3N6O4. The van der Waals surface area contributed by atoms with Crippen LogP contribution in [-0.2, 0) is 18.0 Å². The van der Waals surface area contributed by atoms with E-state index in [-0.39, 0.29) is 22.5 Å². The van der Waals surface area contributed by atoms with Crippen molar-refractivity contribution in [3.63, 3.8) is 0 Å². The molecule has 0 spiro atoms. The molecule has 190 valence electrons. The van der Waals surface area contributed by atoms with E-state index in [0.29, 0.717) is 10.6 Å². The lowest BCUT2D eigenvalue weighted by Gasteiger charge is -2.28. The Morgan fingerprint density at radius 3 is 2.30 bits per heavy atom. The van der Waals surface area contributed by atoms with Crippen LogP contribution >= 0.6 is 0 Å². The summed E-state index contributed by atoms with van der Waals surface area (Å²) in [7, 11) is 1.07. The van der Waals surface area contributed by atoms with Crippen molar-refractivity contribution in [2.45, 2.75) is 19.5 Å². The molecule has 0 bridgehead atoms. The topological polar surface area (TPSA) is 156 Å². The quantitative estimate of drug-likeness (QED) is 0.352. The molecule has 3 N–H and O–H groups in total. The average Bonchev–Trinajstić information content (AvgIpc) is 2.84. The lowest BCUT2D eigenvalue weighted by Crippen LogP contribution is -2.47. The van der Waals surface area contributed by atoms with Gasteiger partial charge in [0.15, 0.2) is 0 Å². The first kappa shape index (κ1) is 26.6. The van der Waals surface area contributed by atoms with E-state index in [2.05, 4.69) is 0 Å². The summed E-state index contributed by atoms with van der Waals surface area (Å²) in [5, 5.41) is 35.3. The van der Waals surface area contributed by atoms with Crippen molar-refractivity contribution >= 4 is 23.3 Å². The molecule has 37 heavy (non-hydrogen) atoms. The number of carboxylic acids is 1. The minimum atomic E-state index is -4.72. The molecule has 0 unspecified atom stereocenters. The van der Waals surface area contributed by atoms with Crippen LogP contribution < -0.4 is 16.1 Å². The molecule has 0 atom stereocenters. The van der Waals surface area contributed by atoms with Gasteiger partial charge in [-0.25, -0.2) is 4.79 Å². The maximum Gasteiger partial charge on any atom is 0.416 e. The zero-order valence-corrected chi connectivity index (χ0v) is 19.4. The number of rotatable bonds is 5. The van der Waals surface area contributed by atoms with E-state index < -0.39 is 52.7 Å². The number of anilines is 1. The zero-order valence-electron chi connectivity index (χ0n) is 19.4. The third-order valence-corrected chi connectivity index (χ3v) is 5.42. The first-order valence-electron chi connectivity index (χ1n) is 10.5. The molecular weight excluding hydrogens is 493 g/mol. The van der Waals surface area contributed by atoms with Crippen LogP contribution in [0.15, 0.2) is 58.1 Å². The fraction of sp³-hybridized carbons (Fsp3) is 0.167. The first-order chi connectivity index (χ1) is 17.3. The van der Waals surface area contributed by atoms with Gasteiger partial charge in [0.2, 0.25) is 0 Å². The number of hydrogen-bond donors (Lipinski definition) is 3. The summed E-state index contributed by atoms with van der Waals surface area (Å²) in [6.45, 7) is 1.24. The fourth-order valence-electron chi connectivity index (χ4n) is 3.62. The van der Waals surface area contributed by atoms with Gasteiger partial charge in [0.1, 0.15) is 23.8 Å². The molecule has 3 rings (SSSR count). The lowest BCUT2D eigenvalue weighted by molar-refractivity contribution is -0.138. The highest BCUT2D eigenvalue weighted by Gasteiger charge is 2.32. The van der Waals surface area contributed by atoms with E-state index in [4.69, 9.17) is 16.1 Å². The molecule has 0 saturated heterocycles. The molecule has 1 heterocycles. The molecule has 0 fully saturated rings. The van der Waals surface area contributed by atoms with Gasteiger partial charge in [-0.2, -0.15) is 18.4 Å². The van der Waals surface area contributed by atoms with Gasteiger partial charge in [-0.3, -0.25) is 34.4 Å². The van der Waals surface area contributed by atoms with Gasteiger partial charge >= 0.3 is 17.8 Å². The number of aliphatic carboxylic acids is 1. The third kappa shape index (κ3) is 5.18. The van der Waals surface area contributed by atoms with Gasteiger partial charge in [0.25, 0.3) is 5.56 Å². The van der Waals surface area contributed by atoms with Crippen LogP contribution in [-0.4, -0.2) is 31.9 Å². The number of nitrogens with zero attached hydrogens (tertiary/aromatic N) is 4. The standard InChI is InChI=1S/C24H19F3N6O4/c1-13-20(33(18(29)11-19(34)35)21(30)15-8-6-14(12-28)7-9-15)22(36)31(2)23(37)32(13)17-5-3-4-16(10-17)24(25,26)27/h3-10,29-30H,11H2,1-2H3,(H,34,35). The Morgan fingerprint density at radius 2 is 1.76 bits per heavy atom. The van der Waals surface area contributed by atoms with Gasteiger partial charge < -0.3 is 5.11 Å². The number of alkyl halides is 3. The summed E-state index contributed by atoms with van der Waals surface area (Å²) in [4.78, 5) is 38.3. The van der Waals surface area contributed by atoms with E-state index >= 15 is 0 Å². The molecule has 0 aliphatic heterocycles. The van der Waals surface area contributed by atoms with Crippen molar-refractivity contribution < 1.29 is 23.1 Å². The van der Waals surface area contributed by atoms with Crippen molar-refractivity contribution in [2.24, 2.45) is 7.05 Å². The average molecular weight is 512 g/mol. The molecule has 0 aliphatic carbocycles. The molecule has 13 heteroatoms. The van der Waals surface area contributed by atoms with Gasteiger partial charge in [-0.1, -0.05) is 6.07 Å². The van der Waals surface area contributed by atoms with Crippen molar-refractivity contribution in [3.05, 3.63) is 91.8 Å². The second kappa shape index (κ2) is 9.94. The smallest absolute Gasteiger partial charge is 0.416 e. The normalized spacial score (nSPS) is 11.0. The number of hydrogen-bond acceptors (Lipinski definition) is 6. The van der Waals surface area contributed by atoms with Crippen LogP contribution in [0.2, 0.25) is 0 Å². The van der Waals surface area contributed by atoms with Crippen LogP contribution in [0, 0.1) is 29.1 Å². The second-order valence-electron chi connectivity index (χ2n) is 7.85. The number of benzene rings is 2. The molecule has 0 radical (unpaired) electrons. The lowest BCUT2D eigenvalue weighted by atomic mass is 10.1. The molecule has 2 aromatic carbocycles. The van der Waals surface area contributed by atoms with Crippen LogP contribution in [0.5, 0.6) is 0 Å². The Bertz CT molecular complexity index is 1580. The van der Waals surface area contributed by atoms with E-state index in [1.54, 1.807) is 0 Å². The van der Waals surface area contributed by atoms with Crippen LogP contribution in [0.3, 0.4) is 0 Å². The second-order valence-corrected chi connectivity index (χ2v) is 7.85. The fourth-order valence-corrected chi connectivity index (χ4v) is 3.62. The van der Waals surface area contributed by atoms with Gasteiger partial charge in [0.05, 0.1) is 28.6 Å². The van der Waals surface area contributed by atoms with E-state index in [1.807, 2.05) is 6.07 Å². The molecule has 0 amide bonds. The van der Waals surface area contributed by atoms with E-state index in [1.165, 1.54) is 37.3 Å². The Hall–Kier alpha value is -4.99. The SMILES string of the molecule is Cc1c(N(C(=N)CC(=O)O)C(=N)c2ccc(C#N)cc2)c(=O)n(C)c(=O)n1-c1cccc(C(F)(F)F)c1. The minimum Gasteiger partial charge on any atom is -0.481 e. The Labute approximate surface area is 207 Å². The predicted molar refractivity (Wildman–Crippen MR) is 127 cm³/mol. The third-order valence-electron chi connectivity index (χ3n) is 5.42. The highest BCUT2D eigenvalue weighted by atomic mass is 19.4.